The second-order valence-electron chi connectivity index (χ2n) is 7.48. The molecule has 0 fully saturated rings. The average molecular weight is 262 g/mol. The normalized spacial score (nSPS) is 22.2. The Balaban J connectivity index is 1.96. The Morgan fingerprint density at radius 1 is 1.05 bits per heavy atom. The number of rotatable bonds is 1. The van der Waals surface area contributed by atoms with E-state index in [9.17, 15) is 0 Å². The lowest BCUT2D eigenvalue weighted by molar-refractivity contribution is 0.392. The van der Waals surface area contributed by atoms with Crippen molar-refractivity contribution >= 4 is 6.08 Å². The Bertz CT molecular complexity index is 668. The maximum atomic E-state index is 2.50. The van der Waals surface area contributed by atoms with Gasteiger partial charge in [-0.3, -0.25) is 0 Å². The van der Waals surface area contributed by atoms with E-state index in [1.54, 1.807) is 22.3 Å². The van der Waals surface area contributed by atoms with Gasteiger partial charge in [0.25, 0.3) is 0 Å². The van der Waals surface area contributed by atoms with Crippen LogP contribution < -0.4 is 0 Å². The first-order valence-corrected chi connectivity index (χ1v) is 7.73. The molecule has 1 aromatic carbocycles. The van der Waals surface area contributed by atoms with E-state index < -0.39 is 0 Å². The molecule has 4 rings (SSSR count). The van der Waals surface area contributed by atoms with Gasteiger partial charge in [-0.05, 0) is 59.4 Å². The maximum absolute atomic E-state index is 2.50. The molecule has 0 saturated carbocycles. The Morgan fingerprint density at radius 3 is 2.55 bits per heavy atom. The monoisotopic (exact) mass is 262 g/mol. The summed E-state index contributed by atoms with van der Waals surface area (Å²) >= 11 is 0. The second kappa shape index (κ2) is 3.97. The highest BCUT2D eigenvalue weighted by Gasteiger charge is 2.34. The minimum atomic E-state index is 0.428. The van der Waals surface area contributed by atoms with Crippen molar-refractivity contribution in [2.45, 2.75) is 46.0 Å². The molecule has 0 bridgehead atoms. The van der Waals surface area contributed by atoms with Gasteiger partial charge in [-0.25, -0.2) is 0 Å². The summed E-state index contributed by atoms with van der Waals surface area (Å²) in [7, 11) is 0. The average Bonchev–Trinajstić information content (AvgIpc) is 3.02. The highest BCUT2D eigenvalue weighted by atomic mass is 14.4. The predicted octanol–water partition coefficient (Wildman–Crippen LogP) is 4.98. The van der Waals surface area contributed by atoms with E-state index in [0.717, 1.165) is 6.42 Å². The second-order valence-corrected chi connectivity index (χ2v) is 7.48. The van der Waals surface area contributed by atoms with Crippen LogP contribution in [0, 0.1) is 5.41 Å². The van der Waals surface area contributed by atoms with E-state index in [-0.39, 0.29) is 0 Å². The summed E-state index contributed by atoms with van der Waals surface area (Å²) in [5, 5.41) is 0. The van der Waals surface area contributed by atoms with Crippen molar-refractivity contribution in [3.05, 3.63) is 63.8 Å². The van der Waals surface area contributed by atoms with Crippen molar-refractivity contribution in [1.82, 2.24) is 0 Å². The van der Waals surface area contributed by atoms with E-state index in [2.05, 4.69) is 57.2 Å². The molecular weight excluding hydrogens is 240 g/mol. The summed E-state index contributed by atoms with van der Waals surface area (Å²) in [6.07, 6.45) is 15.1. The molecule has 0 nitrogen and oxygen atoms in total. The van der Waals surface area contributed by atoms with Gasteiger partial charge >= 0.3 is 0 Å². The third kappa shape index (κ3) is 1.74. The lowest BCUT2D eigenvalue weighted by Gasteiger charge is -2.19. The fraction of sp³-hybridized carbons (Fsp3) is 0.400. The summed E-state index contributed by atoms with van der Waals surface area (Å²) in [6, 6.07) is 2.50. The molecule has 0 spiro atoms. The first-order chi connectivity index (χ1) is 9.53. The molecular formula is C20H22. The summed E-state index contributed by atoms with van der Waals surface area (Å²) < 4.78 is 0. The van der Waals surface area contributed by atoms with Crippen LogP contribution >= 0.6 is 0 Å². The molecule has 102 valence electrons. The van der Waals surface area contributed by atoms with Crippen molar-refractivity contribution in [2.24, 2.45) is 5.41 Å². The molecule has 0 aliphatic heterocycles. The van der Waals surface area contributed by atoms with Crippen LogP contribution in [-0.4, -0.2) is 0 Å². The van der Waals surface area contributed by atoms with Crippen LogP contribution in [0.3, 0.4) is 0 Å². The lowest BCUT2D eigenvalue weighted by Crippen LogP contribution is -2.10. The molecule has 0 heterocycles. The number of benzene rings is 1. The summed E-state index contributed by atoms with van der Waals surface area (Å²) in [5.41, 5.74) is 9.88. The zero-order chi connectivity index (χ0) is 13.9. The molecule has 0 aromatic heterocycles. The van der Waals surface area contributed by atoms with Gasteiger partial charge in [-0.2, -0.15) is 0 Å². The van der Waals surface area contributed by atoms with Crippen LogP contribution in [-0.2, 0) is 19.3 Å². The standard InChI is InChI=1S/C20H22/c1-13-8-15-10-16-11-20(2,3)12-18(16)19(17(15)9-13)14-6-4-5-7-14/h4-7,9-10,14H,8,11-12H2,1-3H3. The number of allylic oxidation sites excluding steroid dienone is 5. The van der Waals surface area contributed by atoms with Crippen LogP contribution in [0.1, 0.15) is 54.5 Å². The Hall–Kier alpha value is -1.56. The molecule has 1 aromatic rings. The van der Waals surface area contributed by atoms with Crippen molar-refractivity contribution in [2.75, 3.05) is 0 Å². The molecule has 3 aliphatic rings. The summed E-state index contributed by atoms with van der Waals surface area (Å²) in [6.45, 7) is 7.08. The fourth-order valence-electron chi connectivity index (χ4n) is 4.23. The lowest BCUT2D eigenvalue weighted by atomic mass is 9.85. The number of fused-ring (bicyclic) bond motifs is 2. The Labute approximate surface area is 121 Å². The third-order valence-corrected chi connectivity index (χ3v) is 4.96. The quantitative estimate of drug-likeness (QED) is 0.669. The highest BCUT2D eigenvalue weighted by Crippen LogP contribution is 2.45. The Morgan fingerprint density at radius 2 is 1.80 bits per heavy atom. The van der Waals surface area contributed by atoms with Crippen molar-refractivity contribution < 1.29 is 0 Å². The van der Waals surface area contributed by atoms with Gasteiger partial charge in [-0.1, -0.05) is 55.9 Å². The molecule has 20 heavy (non-hydrogen) atoms. The molecule has 0 N–H and O–H groups in total. The minimum Gasteiger partial charge on any atom is -0.0732 e. The zero-order valence-electron chi connectivity index (χ0n) is 12.7. The highest BCUT2D eigenvalue weighted by molar-refractivity contribution is 5.71. The third-order valence-electron chi connectivity index (χ3n) is 4.96. The van der Waals surface area contributed by atoms with Gasteiger partial charge < -0.3 is 0 Å². The predicted molar refractivity (Wildman–Crippen MR) is 86.0 cm³/mol. The smallest absolute Gasteiger partial charge is 0.0213 e. The van der Waals surface area contributed by atoms with Gasteiger partial charge in [0.2, 0.25) is 0 Å². The van der Waals surface area contributed by atoms with Gasteiger partial charge in [0.15, 0.2) is 0 Å². The van der Waals surface area contributed by atoms with Crippen molar-refractivity contribution in [1.29, 1.82) is 0 Å². The first kappa shape index (κ1) is 12.2. The van der Waals surface area contributed by atoms with Crippen LogP contribution in [0.15, 0.2) is 35.9 Å². The van der Waals surface area contributed by atoms with E-state index in [1.165, 1.54) is 24.0 Å². The van der Waals surface area contributed by atoms with Crippen LogP contribution in [0.4, 0.5) is 0 Å². The van der Waals surface area contributed by atoms with Crippen LogP contribution in [0.25, 0.3) is 6.08 Å². The molecule has 3 aliphatic carbocycles. The summed E-state index contributed by atoms with van der Waals surface area (Å²) in [5.74, 6) is 0.495. The van der Waals surface area contributed by atoms with E-state index in [1.807, 2.05) is 0 Å². The van der Waals surface area contributed by atoms with Gasteiger partial charge in [0, 0.05) is 5.92 Å². The van der Waals surface area contributed by atoms with Crippen LogP contribution in [0.5, 0.6) is 0 Å². The number of hydrogen-bond donors (Lipinski definition) is 0. The summed E-state index contributed by atoms with van der Waals surface area (Å²) in [4.78, 5) is 0. The number of hydrogen-bond acceptors (Lipinski definition) is 0. The van der Waals surface area contributed by atoms with Crippen LogP contribution in [0.2, 0.25) is 0 Å². The largest absolute Gasteiger partial charge is 0.0732 e. The van der Waals surface area contributed by atoms with Gasteiger partial charge in [-0.15, -0.1) is 0 Å². The van der Waals surface area contributed by atoms with E-state index in [0.29, 0.717) is 11.3 Å². The molecule has 0 amide bonds. The van der Waals surface area contributed by atoms with E-state index in [4.69, 9.17) is 0 Å². The van der Waals surface area contributed by atoms with E-state index >= 15 is 0 Å². The Kier molecular flexibility index (Phi) is 2.42. The molecule has 0 unspecified atom stereocenters. The van der Waals surface area contributed by atoms with Gasteiger partial charge in [0.1, 0.15) is 0 Å². The SMILES string of the molecule is CC1=Cc2c(cc3c(c2C2C=CC=C2)CC(C)(C)C3)C1. The fourth-order valence-corrected chi connectivity index (χ4v) is 4.23. The van der Waals surface area contributed by atoms with Crippen molar-refractivity contribution in [3.8, 4) is 0 Å². The van der Waals surface area contributed by atoms with Crippen molar-refractivity contribution in [3.63, 3.8) is 0 Å². The molecule has 0 saturated heterocycles. The topological polar surface area (TPSA) is 0 Å². The molecule has 0 heteroatoms. The minimum absolute atomic E-state index is 0.428. The maximum Gasteiger partial charge on any atom is 0.0213 e. The molecule has 0 radical (unpaired) electrons. The van der Waals surface area contributed by atoms with Gasteiger partial charge in [0.05, 0.1) is 0 Å². The zero-order valence-corrected chi connectivity index (χ0v) is 12.7. The first-order valence-electron chi connectivity index (χ1n) is 7.73. The molecule has 0 atom stereocenters.